The van der Waals surface area contributed by atoms with Crippen LogP contribution in [0.25, 0.3) is 0 Å². The molecule has 0 saturated carbocycles. The zero-order valence-electron chi connectivity index (χ0n) is 11.1. The maximum absolute atomic E-state index is 11.7. The second-order valence-corrected chi connectivity index (χ2v) is 7.83. The predicted molar refractivity (Wildman–Crippen MR) is 68.2 cm³/mol. The lowest BCUT2D eigenvalue weighted by Gasteiger charge is -2.23. The van der Waals surface area contributed by atoms with Crippen molar-refractivity contribution in [2.45, 2.75) is 39.7 Å². The van der Waals surface area contributed by atoms with Gasteiger partial charge in [0.05, 0.1) is 5.92 Å². The van der Waals surface area contributed by atoms with Gasteiger partial charge in [0.1, 0.15) is 5.60 Å². The van der Waals surface area contributed by atoms with Gasteiger partial charge >= 0.3 is 5.97 Å². The van der Waals surface area contributed by atoms with Gasteiger partial charge in [-0.25, -0.2) is 0 Å². The first-order chi connectivity index (χ1) is 7.57. The number of rotatable bonds is 6. The molecular weight excluding hydrogens is 241 g/mol. The Bertz CT molecular complexity index is 298. The van der Waals surface area contributed by atoms with Gasteiger partial charge in [0.2, 0.25) is 7.37 Å². The summed E-state index contributed by atoms with van der Waals surface area (Å²) in [6.07, 6.45) is 0.618. The van der Waals surface area contributed by atoms with Crippen LogP contribution in [0.4, 0.5) is 0 Å². The molecule has 0 heterocycles. The zero-order valence-corrected chi connectivity index (χ0v) is 12.0. The Kier molecular flexibility index (Phi) is 6.38. The fraction of sp³-hybridized carbons (Fsp3) is 0.909. The molecule has 0 radical (unpaired) electrons. The summed E-state index contributed by atoms with van der Waals surface area (Å²) in [6.45, 7) is 7.30. The first-order valence-corrected chi connectivity index (χ1v) is 7.84. The van der Waals surface area contributed by atoms with Crippen molar-refractivity contribution < 1.29 is 19.0 Å². The third-order valence-corrected chi connectivity index (χ3v) is 4.21. The third-order valence-electron chi connectivity index (χ3n) is 2.08. The second kappa shape index (κ2) is 6.53. The summed E-state index contributed by atoms with van der Waals surface area (Å²) in [7, 11) is -3.27. The van der Waals surface area contributed by atoms with Crippen LogP contribution in [0.3, 0.4) is 0 Å². The van der Waals surface area contributed by atoms with Crippen LogP contribution in [0.2, 0.25) is 0 Å². The van der Waals surface area contributed by atoms with Crippen LogP contribution in [0.1, 0.15) is 34.1 Å². The molecule has 2 unspecified atom stereocenters. The topological polar surface area (TPSA) is 89.6 Å². The molecular formula is C11H24NO4P. The largest absolute Gasteiger partial charge is 0.460 e. The van der Waals surface area contributed by atoms with Crippen LogP contribution >= 0.6 is 7.37 Å². The molecule has 2 atom stereocenters. The molecule has 0 spiro atoms. The molecule has 6 heteroatoms. The van der Waals surface area contributed by atoms with Crippen LogP contribution in [-0.2, 0) is 14.1 Å². The fourth-order valence-corrected chi connectivity index (χ4v) is 3.20. The van der Waals surface area contributed by atoms with Crippen molar-refractivity contribution in [2.75, 3.05) is 18.9 Å². The summed E-state index contributed by atoms with van der Waals surface area (Å²) in [5, 5.41) is 0. The van der Waals surface area contributed by atoms with E-state index in [0.717, 1.165) is 0 Å². The van der Waals surface area contributed by atoms with E-state index in [-0.39, 0.29) is 12.3 Å². The summed E-state index contributed by atoms with van der Waals surface area (Å²) in [4.78, 5) is 21.3. The van der Waals surface area contributed by atoms with Gasteiger partial charge in [-0.3, -0.25) is 9.36 Å². The van der Waals surface area contributed by atoms with E-state index in [4.69, 9.17) is 10.5 Å². The van der Waals surface area contributed by atoms with Crippen LogP contribution < -0.4 is 5.73 Å². The number of carbonyl (C=O) groups excluding carboxylic acids is 1. The summed E-state index contributed by atoms with van der Waals surface area (Å²) in [5.41, 5.74) is 4.72. The molecule has 3 N–H and O–H groups in total. The average Bonchev–Trinajstić information content (AvgIpc) is 2.11. The molecule has 0 aromatic heterocycles. The predicted octanol–water partition coefficient (Wildman–Crippen LogP) is 1.58. The van der Waals surface area contributed by atoms with E-state index in [2.05, 4.69) is 0 Å². The molecule has 0 rings (SSSR count). The van der Waals surface area contributed by atoms with E-state index in [1.165, 1.54) is 0 Å². The number of ether oxygens (including phenoxy) is 1. The van der Waals surface area contributed by atoms with E-state index in [9.17, 15) is 14.3 Å². The Labute approximate surface area is 103 Å². The molecule has 0 amide bonds. The van der Waals surface area contributed by atoms with Gasteiger partial charge in [-0.2, -0.15) is 0 Å². The Morgan fingerprint density at radius 1 is 1.47 bits per heavy atom. The van der Waals surface area contributed by atoms with Crippen LogP contribution in [0, 0.1) is 5.92 Å². The molecule has 0 aliphatic heterocycles. The maximum atomic E-state index is 11.7. The minimum Gasteiger partial charge on any atom is -0.460 e. The second-order valence-electron chi connectivity index (χ2n) is 5.33. The quantitative estimate of drug-likeness (QED) is 0.562. The maximum Gasteiger partial charge on any atom is 0.309 e. The molecule has 0 aromatic carbocycles. The Balaban J connectivity index is 4.29. The van der Waals surface area contributed by atoms with E-state index < -0.39 is 24.9 Å². The van der Waals surface area contributed by atoms with Gasteiger partial charge in [0, 0.05) is 12.3 Å². The van der Waals surface area contributed by atoms with Crippen LogP contribution in [0.15, 0.2) is 0 Å². The standard InChI is InChI=1S/C11H24NO4P/c1-9(10(13)16-11(2,3)4)8-17(14,15)7-5-6-12/h9H,5-8,12H2,1-4H3,(H,14,15). The van der Waals surface area contributed by atoms with E-state index in [1.807, 2.05) is 0 Å². The van der Waals surface area contributed by atoms with Crippen LogP contribution in [-0.4, -0.2) is 35.3 Å². The van der Waals surface area contributed by atoms with Gasteiger partial charge in [-0.1, -0.05) is 6.92 Å². The summed E-state index contributed by atoms with van der Waals surface area (Å²) < 4.78 is 16.9. The summed E-state index contributed by atoms with van der Waals surface area (Å²) in [5.74, 6) is -0.998. The number of nitrogens with two attached hydrogens (primary N) is 1. The van der Waals surface area contributed by atoms with Gasteiger partial charge in [0.15, 0.2) is 0 Å². The summed E-state index contributed by atoms with van der Waals surface area (Å²) >= 11 is 0. The number of esters is 1. The minimum absolute atomic E-state index is 0.0398. The Morgan fingerprint density at radius 2 is 2.00 bits per heavy atom. The molecule has 0 aliphatic carbocycles. The van der Waals surface area contributed by atoms with Gasteiger partial charge in [0.25, 0.3) is 0 Å². The normalized spacial score (nSPS) is 17.3. The van der Waals surface area contributed by atoms with Crippen molar-refractivity contribution in [3.63, 3.8) is 0 Å². The van der Waals surface area contributed by atoms with E-state index in [0.29, 0.717) is 13.0 Å². The van der Waals surface area contributed by atoms with E-state index >= 15 is 0 Å². The Morgan fingerprint density at radius 3 is 2.41 bits per heavy atom. The summed E-state index contributed by atoms with van der Waals surface area (Å²) in [6, 6.07) is 0. The molecule has 102 valence electrons. The monoisotopic (exact) mass is 265 g/mol. The minimum atomic E-state index is -3.27. The lowest BCUT2D eigenvalue weighted by atomic mass is 10.1. The first-order valence-electron chi connectivity index (χ1n) is 5.81. The third kappa shape index (κ3) is 8.36. The smallest absolute Gasteiger partial charge is 0.309 e. The van der Waals surface area contributed by atoms with Crippen molar-refractivity contribution in [3.8, 4) is 0 Å². The van der Waals surface area contributed by atoms with Crippen molar-refractivity contribution >= 4 is 13.3 Å². The van der Waals surface area contributed by atoms with Crippen molar-refractivity contribution in [3.05, 3.63) is 0 Å². The number of carbonyl (C=O) groups is 1. The van der Waals surface area contributed by atoms with Gasteiger partial charge in [-0.15, -0.1) is 0 Å². The highest BCUT2D eigenvalue weighted by Gasteiger charge is 2.28. The molecule has 0 fully saturated rings. The molecule has 17 heavy (non-hydrogen) atoms. The highest BCUT2D eigenvalue weighted by molar-refractivity contribution is 7.58. The lowest BCUT2D eigenvalue weighted by molar-refractivity contribution is -0.158. The highest BCUT2D eigenvalue weighted by Crippen LogP contribution is 2.43. The number of hydrogen-bond donors (Lipinski definition) is 2. The first kappa shape index (κ1) is 16.6. The van der Waals surface area contributed by atoms with Crippen molar-refractivity contribution in [1.82, 2.24) is 0 Å². The van der Waals surface area contributed by atoms with Crippen molar-refractivity contribution in [1.29, 1.82) is 0 Å². The highest BCUT2D eigenvalue weighted by atomic mass is 31.2. The zero-order chi connectivity index (χ0) is 13.7. The SMILES string of the molecule is CC(CP(=O)(O)CCCN)C(=O)OC(C)(C)C. The van der Waals surface area contributed by atoms with Gasteiger partial charge < -0.3 is 15.4 Å². The lowest BCUT2D eigenvalue weighted by Crippen LogP contribution is -2.29. The number of hydrogen-bond acceptors (Lipinski definition) is 4. The van der Waals surface area contributed by atoms with E-state index in [1.54, 1.807) is 27.7 Å². The van der Waals surface area contributed by atoms with Crippen molar-refractivity contribution in [2.24, 2.45) is 11.7 Å². The fourth-order valence-electron chi connectivity index (χ4n) is 1.33. The molecule has 0 aromatic rings. The average molecular weight is 265 g/mol. The molecule has 0 aliphatic rings. The van der Waals surface area contributed by atoms with Crippen LogP contribution in [0.5, 0.6) is 0 Å². The Hall–Kier alpha value is -0.380. The molecule has 0 bridgehead atoms. The molecule has 5 nitrogen and oxygen atoms in total. The molecule has 0 saturated heterocycles. The van der Waals surface area contributed by atoms with Gasteiger partial charge in [-0.05, 0) is 33.7 Å².